The first kappa shape index (κ1) is 24.6. The van der Waals surface area contributed by atoms with Crippen LogP contribution < -0.4 is 10.6 Å². The monoisotopic (exact) mass is 521 g/mol. The number of benzene rings is 1. The van der Waals surface area contributed by atoms with Gasteiger partial charge in [0, 0.05) is 32.0 Å². The van der Waals surface area contributed by atoms with Gasteiger partial charge in [-0.3, -0.25) is 9.88 Å². The third-order valence-corrected chi connectivity index (χ3v) is 5.47. The van der Waals surface area contributed by atoms with Gasteiger partial charge in [-0.15, -0.1) is 24.0 Å². The molecule has 2 heterocycles. The van der Waals surface area contributed by atoms with Crippen LogP contribution in [0.25, 0.3) is 0 Å². The molecule has 1 aromatic heterocycles. The molecule has 0 bridgehead atoms. The summed E-state index contributed by atoms with van der Waals surface area (Å²) in [7, 11) is 0. The van der Waals surface area contributed by atoms with Gasteiger partial charge in [0.2, 0.25) is 0 Å². The van der Waals surface area contributed by atoms with Crippen LogP contribution in [0.5, 0.6) is 0 Å². The van der Waals surface area contributed by atoms with Crippen LogP contribution in [0.1, 0.15) is 48.4 Å². The van der Waals surface area contributed by atoms with Crippen molar-refractivity contribution in [1.82, 2.24) is 20.5 Å². The normalized spacial score (nSPS) is 14.8. The van der Waals surface area contributed by atoms with E-state index in [2.05, 4.69) is 64.7 Å². The second-order valence-electron chi connectivity index (χ2n) is 7.83. The van der Waals surface area contributed by atoms with E-state index < -0.39 is 0 Å². The molecule has 0 aliphatic carbocycles. The maximum atomic E-state index is 4.75. The van der Waals surface area contributed by atoms with Crippen molar-refractivity contribution in [2.24, 2.45) is 4.99 Å². The number of nitrogens with one attached hydrogen (secondary N) is 2. The molecule has 164 valence electrons. The van der Waals surface area contributed by atoms with E-state index in [0.717, 1.165) is 32.0 Å². The molecule has 0 spiro atoms. The lowest BCUT2D eigenvalue weighted by atomic mass is 10.1. The minimum Gasteiger partial charge on any atom is -0.357 e. The van der Waals surface area contributed by atoms with Gasteiger partial charge >= 0.3 is 0 Å². The first-order valence-electron chi connectivity index (χ1n) is 11.0. The molecule has 1 aliphatic heterocycles. The Morgan fingerprint density at radius 1 is 1.03 bits per heavy atom. The molecule has 2 aromatic rings. The minimum absolute atomic E-state index is 0. The quantitative estimate of drug-likeness (QED) is 0.309. The van der Waals surface area contributed by atoms with Gasteiger partial charge in [0.05, 0.1) is 6.54 Å². The summed E-state index contributed by atoms with van der Waals surface area (Å²) >= 11 is 0. The van der Waals surface area contributed by atoms with Gasteiger partial charge in [0.15, 0.2) is 5.96 Å². The fourth-order valence-electron chi connectivity index (χ4n) is 3.74. The number of hydrogen-bond acceptors (Lipinski definition) is 3. The first-order valence-corrected chi connectivity index (χ1v) is 11.0. The van der Waals surface area contributed by atoms with Crippen molar-refractivity contribution in [3.63, 3.8) is 0 Å². The van der Waals surface area contributed by atoms with Crippen molar-refractivity contribution in [2.45, 2.75) is 52.6 Å². The molecular weight excluding hydrogens is 485 g/mol. The number of aliphatic imine (C=N–C) groups is 1. The Morgan fingerprint density at radius 3 is 2.47 bits per heavy atom. The predicted molar refractivity (Wildman–Crippen MR) is 136 cm³/mol. The highest BCUT2D eigenvalue weighted by Crippen LogP contribution is 2.14. The number of hydrogen-bond donors (Lipinski definition) is 2. The average Bonchev–Trinajstić information content (AvgIpc) is 2.75. The third kappa shape index (κ3) is 8.22. The lowest BCUT2D eigenvalue weighted by Crippen LogP contribution is -2.38. The van der Waals surface area contributed by atoms with Crippen molar-refractivity contribution in [3.8, 4) is 0 Å². The molecular formula is C24H36IN5. The van der Waals surface area contributed by atoms with Gasteiger partial charge in [-0.1, -0.05) is 30.7 Å². The zero-order valence-corrected chi connectivity index (χ0v) is 20.7. The van der Waals surface area contributed by atoms with Crippen LogP contribution in [-0.2, 0) is 19.5 Å². The molecule has 30 heavy (non-hydrogen) atoms. The highest BCUT2D eigenvalue weighted by molar-refractivity contribution is 14.0. The minimum atomic E-state index is 0. The number of piperidine rings is 1. The molecule has 5 nitrogen and oxygen atoms in total. The van der Waals surface area contributed by atoms with Crippen molar-refractivity contribution >= 4 is 29.9 Å². The number of likely N-dealkylation sites (tertiary alicyclic amines) is 1. The molecule has 0 unspecified atom stereocenters. The van der Waals surface area contributed by atoms with Crippen LogP contribution in [0.4, 0.5) is 0 Å². The van der Waals surface area contributed by atoms with E-state index in [0.29, 0.717) is 6.54 Å². The van der Waals surface area contributed by atoms with E-state index in [9.17, 15) is 0 Å². The topological polar surface area (TPSA) is 52.6 Å². The van der Waals surface area contributed by atoms with Crippen molar-refractivity contribution in [3.05, 3.63) is 65.0 Å². The molecule has 1 fully saturated rings. The molecule has 1 saturated heterocycles. The number of pyridine rings is 1. The van der Waals surface area contributed by atoms with E-state index in [1.54, 1.807) is 0 Å². The van der Waals surface area contributed by atoms with Gasteiger partial charge in [-0.2, -0.15) is 0 Å². The van der Waals surface area contributed by atoms with Gasteiger partial charge < -0.3 is 10.6 Å². The maximum absolute atomic E-state index is 4.75. The molecule has 3 rings (SSSR count). The van der Waals surface area contributed by atoms with E-state index in [1.165, 1.54) is 54.6 Å². The van der Waals surface area contributed by atoms with E-state index >= 15 is 0 Å². The lowest BCUT2D eigenvalue weighted by Gasteiger charge is -2.26. The van der Waals surface area contributed by atoms with Crippen LogP contribution in [0.15, 0.2) is 47.7 Å². The zero-order chi connectivity index (χ0) is 20.3. The predicted octanol–water partition coefficient (Wildman–Crippen LogP) is 4.29. The Morgan fingerprint density at radius 2 is 1.77 bits per heavy atom. The van der Waals surface area contributed by atoms with Crippen molar-refractivity contribution in [2.75, 3.05) is 26.2 Å². The highest BCUT2D eigenvalue weighted by Gasteiger charge is 2.10. The number of aryl methyl sites for hydroxylation is 1. The summed E-state index contributed by atoms with van der Waals surface area (Å²) in [5.41, 5.74) is 5.21. The van der Waals surface area contributed by atoms with E-state index in [1.807, 2.05) is 12.4 Å². The maximum Gasteiger partial charge on any atom is 0.191 e. The summed E-state index contributed by atoms with van der Waals surface area (Å²) in [4.78, 5) is 11.5. The van der Waals surface area contributed by atoms with Crippen LogP contribution in [-0.4, -0.2) is 42.0 Å². The fourth-order valence-corrected chi connectivity index (χ4v) is 3.74. The number of guanidine groups is 1. The van der Waals surface area contributed by atoms with Crippen molar-refractivity contribution in [1.29, 1.82) is 0 Å². The van der Waals surface area contributed by atoms with Crippen LogP contribution in [0.3, 0.4) is 0 Å². The summed E-state index contributed by atoms with van der Waals surface area (Å²) in [6, 6.07) is 11.0. The average molecular weight is 521 g/mol. The molecule has 1 aromatic carbocycles. The first-order chi connectivity index (χ1) is 14.2. The van der Waals surface area contributed by atoms with E-state index in [-0.39, 0.29) is 24.0 Å². The summed E-state index contributed by atoms with van der Waals surface area (Å²) in [6.45, 7) is 10.2. The molecule has 1 aliphatic rings. The Hall–Kier alpha value is -1.67. The smallest absolute Gasteiger partial charge is 0.191 e. The third-order valence-electron chi connectivity index (χ3n) is 5.47. The Labute approximate surface area is 198 Å². The summed E-state index contributed by atoms with van der Waals surface area (Å²) < 4.78 is 0. The number of aromatic nitrogens is 1. The summed E-state index contributed by atoms with van der Waals surface area (Å²) in [6.07, 6.45) is 8.81. The van der Waals surface area contributed by atoms with Gasteiger partial charge in [-0.25, -0.2) is 4.99 Å². The van der Waals surface area contributed by atoms with Crippen LogP contribution in [0.2, 0.25) is 0 Å². The number of nitrogens with zero attached hydrogens (tertiary/aromatic N) is 3. The number of halogens is 1. The summed E-state index contributed by atoms with van der Waals surface area (Å²) in [5, 5.41) is 6.78. The molecule has 0 radical (unpaired) electrons. The summed E-state index contributed by atoms with van der Waals surface area (Å²) in [5.74, 6) is 0.872. The zero-order valence-electron chi connectivity index (χ0n) is 18.4. The van der Waals surface area contributed by atoms with E-state index in [4.69, 9.17) is 4.99 Å². The Kier molecular flexibility index (Phi) is 11.1. The van der Waals surface area contributed by atoms with Crippen molar-refractivity contribution < 1.29 is 0 Å². The molecule has 6 heteroatoms. The van der Waals surface area contributed by atoms with Crippen LogP contribution in [0, 0.1) is 6.92 Å². The standard InChI is InChI=1S/C24H35N5.HI/c1-3-26-24(27-14-12-23-11-13-25-17-20(23)2)28-18-21-7-9-22(10-8-21)19-29-15-5-4-6-16-29;/h7-11,13,17H,3-6,12,14-16,18-19H2,1-2H3,(H2,26,27,28);1H. The second kappa shape index (κ2) is 13.6. The lowest BCUT2D eigenvalue weighted by molar-refractivity contribution is 0.221. The van der Waals surface area contributed by atoms with Crippen LogP contribution >= 0.6 is 24.0 Å². The molecule has 2 N–H and O–H groups in total. The largest absolute Gasteiger partial charge is 0.357 e. The molecule has 0 atom stereocenters. The molecule has 0 saturated carbocycles. The Bertz CT molecular complexity index is 769. The Balaban J connectivity index is 0.00000320. The molecule has 0 amide bonds. The SMILES string of the molecule is CCNC(=NCc1ccc(CN2CCCCC2)cc1)NCCc1ccncc1C.I. The number of rotatable bonds is 8. The van der Waals surface area contributed by atoms with Gasteiger partial charge in [-0.05, 0) is 74.5 Å². The fraction of sp³-hybridized carbons (Fsp3) is 0.500. The highest BCUT2D eigenvalue weighted by atomic mass is 127. The second-order valence-corrected chi connectivity index (χ2v) is 7.83. The van der Waals surface area contributed by atoms with Gasteiger partial charge in [0.25, 0.3) is 0 Å². The van der Waals surface area contributed by atoms with Gasteiger partial charge in [0.1, 0.15) is 0 Å².